The smallest absolute Gasteiger partial charge is 0.305 e. The van der Waals surface area contributed by atoms with Gasteiger partial charge in [0.2, 0.25) is 10.0 Å². The van der Waals surface area contributed by atoms with Gasteiger partial charge in [0.15, 0.2) is 0 Å². The van der Waals surface area contributed by atoms with Gasteiger partial charge in [0, 0.05) is 25.4 Å². The number of H-pyrrole nitrogens is 1. The molecule has 1 rings (SSSR count). The maximum Gasteiger partial charge on any atom is 0.305 e. The minimum Gasteiger partial charge on any atom is -0.469 e. The maximum atomic E-state index is 11.7. The first kappa shape index (κ1) is 14.7. The second-order valence-electron chi connectivity index (χ2n) is 3.83. The summed E-state index contributed by atoms with van der Waals surface area (Å²) < 4.78 is 30.4. The number of rotatable bonds is 8. The number of ether oxygens (including phenoxy) is 1. The summed E-state index contributed by atoms with van der Waals surface area (Å²) in [5, 5.41) is 0. The Bertz CT molecular complexity index is 453. The van der Waals surface area contributed by atoms with Crippen molar-refractivity contribution >= 4 is 16.0 Å². The number of methoxy groups -OCH3 is 1. The van der Waals surface area contributed by atoms with E-state index < -0.39 is 10.0 Å². The molecule has 0 aromatic carbocycles. The van der Waals surface area contributed by atoms with Crippen LogP contribution in [0.1, 0.15) is 25.7 Å². The van der Waals surface area contributed by atoms with Gasteiger partial charge in [-0.15, -0.1) is 0 Å². The van der Waals surface area contributed by atoms with E-state index in [-0.39, 0.29) is 10.9 Å². The van der Waals surface area contributed by atoms with E-state index in [4.69, 9.17) is 0 Å². The molecular weight excluding hydrogens is 256 g/mol. The van der Waals surface area contributed by atoms with Gasteiger partial charge in [-0.2, -0.15) is 0 Å². The predicted molar refractivity (Wildman–Crippen MR) is 66.5 cm³/mol. The van der Waals surface area contributed by atoms with Gasteiger partial charge in [-0.1, -0.05) is 6.42 Å². The summed E-state index contributed by atoms with van der Waals surface area (Å²) in [7, 11) is -2.04. The van der Waals surface area contributed by atoms with Gasteiger partial charge in [-0.05, 0) is 18.9 Å². The van der Waals surface area contributed by atoms with Crippen LogP contribution in [0.2, 0.25) is 0 Å². The van der Waals surface area contributed by atoms with Crippen molar-refractivity contribution in [2.24, 2.45) is 0 Å². The quantitative estimate of drug-likeness (QED) is 0.547. The third kappa shape index (κ3) is 4.89. The highest BCUT2D eigenvalue weighted by Crippen LogP contribution is 2.06. The lowest BCUT2D eigenvalue weighted by atomic mass is 10.2. The topological polar surface area (TPSA) is 88.3 Å². The first-order valence-electron chi connectivity index (χ1n) is 5.75. The van der Waals surface area contributed by atoms with Crippen LogP contribution in [-0.4, -0.2) is 33.0 Å². The van der Waals surface area contributed by atoms with E-state index in [0.29, 0.717) is 25.8 Å². The molecule has 1 heterocycles. The van der Waals surface area contributed by atoms with Crippen molar-refractivity contribution in [3.05, 3.63) is 18.5 Å². The molecule has 1 aromatic rings. The number of carbonyl (C=O) groups is 1. The minimum atomic E-state index is -3.40. The zero-order valence-corrected chi connectivity index (χ0v) is 11.1. The molecule has 0 unspecified atom stereocenters. The van der Waals surface area contributed by atoms with E-state index in [0.717, 1.165) is 6.42 Å². The first-order valence-corrected chi connectivity index (χ1v) is 7.24. The Morgan fingerprint density at radius 2 is 2.17 bits per heavy atom. The Morgan fingerprint density at radius 1 is 1.39 bits per heavy atom. The van der Waals surface area contributed by atoms with Crippen molar-refractivity contribution in [1.82, 2.24) is 9.71 Å². The molecule has 7 heteroatoms. The van der Waals surface area contributed by atoms with Crippen LogP contribution in [-0.2, 0) is 19.6 Å². The third-order valence-electron chi connectivity index (χ3n) is 2.46. The minimum absolute atomic E-state index is 0.233. The standard InChI is InChI=1S/C11H18N2O4S/c1-17-11(14)5-3-2-4-7-13-18(15,16)10-6-8-12-9-10/h6,8-9,12-13H,2-5,7H2,1H3. The zero-order chi connectivity index (χ0) is 13.4. The van der Waals surface area contributed by atoms with Crippen LogP contribution in [0.15, 0.2) is 23.4 Å². The molecule has 1 aromatic heterocycles. The Kier molecular flexibility index (Phi) is 5.87. The molecule has 102 valence electrons. The molecule has 0 fully saturated rings. The lowest BCUT2D eigenvalue weighted by molar-refractivity contribution is -0.140. The molecule has 0 atom stereocenters. The van der Waals surface area contributed by atoms with Crippen LogP contribution >= 0.6 is 0 Å². The molecule has 0 amide bonds. The van der Waals surface area contributed by atoms with Crippen LogP contribution < -0.4 is 4.72 Å². The lowest BCUT2D eigenvalue weighted by Crippen LogP contribution is -2.24. The second-order valence-corrected chi connectivity index (χ2v) is 5.60. The zero-order valence-electron chi connectivity index (χ0n) is 10.3. The molecule has 18 heavy (non-hydrogen) atoms. The Hall–Kier alpha value is -1.34. The van der Waals surface area contributed by atoms with Gasteiger partial charge in [-0.25, -0.2) is 13.1 Å². The number of esters is 1. The molecule has 6 nitrogen and oxygen atoms in total. The van der Waals surface area contributed by atoms with Gasteiger partial charge >= 0.3 is 5.97 Å². The Morgan fingerprint density at radius 3 is 2.78 bits per heavy atom. The number of aromatic amines is 1. The molecule has 0 aliphatic carbocycles. The molecule has 0 spiro atoms. The monoisotopic (exact) mass is 274 g/mol. The molecular formula is C11H18N2O4S. The van der Waals surface area contributed by atoms with Crippen molar-refractivity contribution in [1.29, 1.82) is 0 Å². The average Bonchev–Trinajstić information content (AvgIpc) is 2.87. The van der Waals surface area contributed by atoms with E-state index in [1.165, 1.54) is 19.4 Å². The average molecular weight is 274 g/mol. The summed E-state index contributed by atoms with van der Waals surface area (Å²) in [5.41, 5.74) is 0. The summed E-state index contributed by atoms with van der Waals surface area (Å²) in [6.07, 6.45) is 5.55. The molecule has 0 bridgehead atoms. The van der Waals surface area contributed by atoms with E-state index in [1.54, 1.807) is 6.20 Å². The van der Waals surface area contributed by atoms with Crippen LogP contribution in [0.4, 0.5) is 0 Å². The number of carbonyl (C=O) groups excluding carboxylic acids is 1. The largest absolute Gasteiger partial charge is 0.469 e. The summed E-state index contributed by atoms with van der Waals surface area (Å²) in [6.45, 7) is 0.370. The number of unbranched alkanes of at least 4 members (excludes halogenated alkanes) is 2. The highest BCUT2D eigenvalue weighted by atomic mass is 32.2. The van der Waals surface area contributed by atoms with Crippen LogP contribution in [0.5, 0.6) is 0 Å². The summed E-state index contributed by atoms with van der Waals surface area (Å²) in [4.78, 5) is 13.8. The van der Waals surface area contributed by atoms with Crippen molar-refractivity contribution in [2.75, 3.05) is 13.7 Å². The summed E-state index contributed by atoms with van der Waals surface area (Å²) in [5.74, 6) is -0.233. The summed E-state index contributed by atoms with van der Waals surface area (Å²) in [6, 6.07) is 1.50. The van der Waals surface area contributed by atoms with Gasteiger partial charge < -0.3 is 9.72 Å². The van der Waals surface area contributed by atoms with Gasteiger partial charge in [-0.3, -0.25) is 4.79 Å². The molecule has 2 N–H and O–H groups in total. The van der Waals surface area contributed by atoms with Gasteiger partial charge in [0.25, 0.3) is 0 Å². The van der Waals surface area contributed by atoms with Gasteiger partial charge in [0.05, 0.1) is 12.0 Å². The van der Waals surface area contributed by atoms with E-state index in [9.17, 15) is 13.2 Å². The Labute approximate surface area is 107 Å². The van der Waals surface area contributed by atoms with E-state index in [2.05, 4.69) is 14.4 Å². The maximum absolute atomic E-state index is 11.7. The van der Waals surface area contributed by atoms with Crippen LogP contribution in [0.3, 0.4) is 0 Å². The molecule has 0 aliphatic heterocycles. The van der Waals surface area contributed by atoms with Crippen LogP contribution in [0.25, 0.3) is 0 Å². The Balaban J connectivity index is 2.17. The first-order chi connectivity index (χ1) is 8.56. The molecule has 0 aliphatic rings. The highest BCUT2D eigenvalue weighted by molar-refractivity contribution is 7.89. The van der Waals surface area contributed by atoms with Crippen molar-refractivity contribution < 1.29 is 17.9 Å². The molecule has 0 saturated carbocycles. The molecule has 0 radical (unpaired) electrons. The lowest BCUT2D eigenvalue weighted by Gasteiger charge is -2.04. The molecule has 0 saturated heterocycles. The van der Waals surface area contributed by atoms with Gasteiger partial charge in [0.1, 0.15) is 0 Å². The van der Waals surface area contributed by atoms with E-state index in [1.807, 2.05) is 0 Å². The number of aromatic nitrogens is 1. The SMILES string of the molecule is COC(=O)CCCCCNS(=O)(=O)c1cc[nH]c1. The summed E-state index contributed by atoms with van der Waals surface area (Å²) >= 11 is 0. The predicted octanol–water partition coefficient (Wildman–Crippen LogP) is 1.03. The highest BCUT2D eigenvalue weighted by Gasteiger charge is 2.12. The number of hydrogen-bond acceptors (Lipinski definition) is 4. The van der Waals surface area contributed by atoms with Crippen molar-refractivity contribution in [2.45, 2.75) is 30.6 Å². The fourth-order valence-corrected chi connectivity index (χ4v) is 2.49. The second kappa shape index (κ2) is 7.17. The fourth-order valence-electron chi connectivity index (χ4n) is 1.44. The normalized spacial score (nSPS) is 11.4. The van der Waals surface area contributed by atoms with E-state index >= 15 is 0 Å². The van der Waals surface area contributed by atoms with Crippen molar-refractivity contribution in [3.8, 4) is 0 Å². The number of sulfonamides is 1. The number of nitrogens with one attached hydrogen (secondary N) is 2. The fraction of sp³-hybridized carbons (Fsp3) is 0.545. The van der Waals surface area contributed by atoms with Crippen LogP contribution in [0, 0.1) is 0 Å². The number of hydrogen-bond donors (Lipinski definition) is 2. The third-order valence-corrected chi connectivity index (χ3v) is 3.92. The van der Waals surface area contributed by atoms with Crippen molar-refractivity contribution in [3.63, 3.8) is 0 Å².